The van der Waals surface area contributed by atoms with Crippen LogP contribution in [0.4, 0.5) is 13.2 Å². The molecule has 0 aromatic heterocycles. The Balaban J connectivity index is 1.53. The summed E-state index contributed by atoms with van der Waals surface area (Å²) in [6.45, 7) is 2.15. The first-order valence-corrected chi connectivity index (χ1v) is 11.7. The Morgan fingerprint density at radius 1 is 0.818 bits per heavy atom. The van der Waals surface area contributed by atoms with Crippen molar-refractivity contribution in [2.75, 3.05) is 13.1 Å². The quantitative estimate of drug-likeness (QED) is 0.377. The molecule has 3 aromatic rings. The van der Waals surface area contributed by atoms with Crippen LogP contribution in [0.25, 0.3) is 0 Å². The van der Waals surface area contributed by atoms with Crippen molar-refractivity contribution in [1.29, 1.82) is 0 Å². The average molecular weight is 448 g/mol. The number of benzene rings is 3. The molecule has 2 bridgehead atoms. The maximum absolute atomic E-state index is 13.2. The topological polar surface area (TPSA) is 3.24 Å². The fourth-order valence-corrected chi connectivity index (χ4v) is 5.64. The maximum Gasteiger partial charge on any atom is 0.416 e. The van der Waals surface area contributed by atoms with Crippen LogP contribution in [0.15, 0.2) is 96.6 Å². The number of nitrogens with zero attached hydrogens (tertiary/aromatic N) is 1. The molecule has 0 N–H and O–H groups in total. The Morgan fingerprint density at radius 2 is 1.42 bits per heavy atom. The number of halogens is 3. The third-order valence-electron chi connectivity index (χ3n) is 7.20. The van der Waals surface area contributed by atoms with Gasteiger partial charge in [0.1, 0.15) is 0 Å². The molecule has 1 atom stereocenters. The van der Waals surface area contributed by atoms with Gasteiger partial charge < -0.3 is 0 Å². The summed E-state index contributed by atoms with van der Waals surface area (Å²) in [6, 6.07) is 27.2. The van der Waals surface area contributed by atoms with E-state index in [4.69, 9.17) is 0 Å². The second-order valence-corrected chi connectivity index (χ2v) is 9.16. The van der Waals surface area contributed by atoms with Gasteiger partial charge in [-0.1, -0.05) is 90.5 Å². The highest BCUT2D eigenvalue weighted by Gasteiger charge is 2.42. The monoisotopic (exact) mass is 447 g/mol. The van der Waals surface area contributed by atoms with Crippen LogP contribution in [0.1, 0.15) is 41.0 Å². The smallest absolute Gasteiger partial charge is 0.296 e. The highest BCUT2D eigenvalue weighted by atomic mass is 19.4. The number of allylic oxidation sites excluding steroid dienone is 1. The summed E-state index contributed by atoms with van der Waals surface area (Å²) in [6.07, 6.45) is 0.695. The molecule has 0 spiro atoms. The van der Waals surface area contributed by atoms with E-state index >= 15 is 0 Å². The highest BCUT2D eigenvalue weighted by molar-refractivity contribution is 5.40. The zero-order chi connectivity index (χ0) is 22.8. The van der Waals surface area contributed by atoms with E-state index in [0.717, 1.165) is 32.0 Å². The van der Waals surface area contributed by atoms with E-state index in [1.807, 2.05) is 12.1 Å². The summed E-state index contributed by atoms with van der Waals surface area (Å²) < 4.78 is 39.6. The number of hydrogen-bond acceptors (Lipinski definition) is 1. The Kier molecular flexibility index (Phi) is 6.11. The minimum atomic E-state index is -4.31. The van der Waals surface area contributed by atoms with Crippen LogP contribution in [0.5, 0.6) is 0 Å². The first kappa shape index (κ1) is 22.0. The molecule has 0 radical (unpaired) electrons. The second kappa shape index (κ2) is 9.18. The van der Waals surface area contributed by atoms with Crippen molar-refractivity contribution in [3.8, 4) is 0 Å². The minimum Gasteiger partial charge on any atom is -0.296 e. The molecule has 3 saturated heterocycles. The van der Waals surface area contributed by atoms with Crippen LogP contribution in [-0.2, 0) is 12.6 Å². The normalized spacial score (nSPS) is 23.9. The van der Waals surface area contributed by atoms with E-state index in [1.54, 1.807) is 6.07 Å². The van der Waals surface area contributed by atoms with Gasteiger partial charge in [-0.05, 0) is 61.0 Å². The molecule has 3 fully saturated rings. The van der Waals surface area contributed by atoms with Gasteiger partial charge in [-0.25, -0.2) is 0 Å². The number of fused-ring (bicyclic) bond motifs is 3. The number of rotatable bonds is 5. The molecule has 3 heterocycles. The van der Waals surface area contributed by atoms with Crippen LogP contribution in [0, 0.1) is 5.92 Å². The summed E-state index contributed by atoms with van der Waals surface area (Å²) in [5, 5.41) is 0. The summed E-state index contributed by atoms with van der Waals surface area (Å²) in [7, 11) is 0. The van der Waals surface area contributed by atoms with Gasteiger partial charge in [0, 0.05) is 12.0 Å². The van der Waals surface area contributed by atoms with E-state index in [0.29, 0.717) is 17.9 Å². The molecule has 170 valence electrons. The number of piperidine rings is 3. The minimum absolute atomic E-state index is 0.197. The van der Waals surface area contributed by atoms with Gasteiger partial charge in [0.05, 0.1) is 5.56 Å². The van der Waals surface area contributed by atoms with Crippen molar-refractivity contribution in [3.05, 3.63) is 119 Å². The Labute approximate surface area is 193 Å². The van der Waals surface area contributed by atoms with Gasteiger partial charge in [0.15, 0.2) is 0 Å². The van der Waals surface area contributed by atoms with E-state index < -0.39 is 11.7 Å². The lowest BCUT2D eigenvalue weighted by Gasteiger charge is -2.51. The second-order valence-electron chi connectivity index (χ2n) is 9.16. The van der Waals surface area contributed by atoms with E-state index in [-0.39, 0.29) is 12.0 Å². The van der Waals surface area contributed by atoms with Gasteiger partial charge in [-0.2, -0.15) is 13.2 Å². The first-order valence-electron chi connectivity index (χ1n) is 11.7. The van der Waals surface area contributed by atoms with Crippen LogP contribution >= 0.6 is 0 Å². The van der Waals surface area contributed by atoms with Crippen molar-refractivity contribution in [2.24, 2.45) is 5.92 Å². The fourth-order valence-electron chi connectivity index (χ4n) is 5.64. The molecule has 1 unspecified atom stereocenters. The predicted octanol–water partition coefficient (Wildman–Crippen LogP) is 7.10. The lowest BCUT2D eigenvalue weighted by atomic mass is 9.70. The summed E-state index contributed by atoms with van der Waals surface area (Å²) >= 11 is 0. The van der Waals surface area contributed by atoms with Crippen molar-refractivity contribution in [2.45, 2.75) is 37.4 Å². The molecule has 3 aliphatic rings. The molecule has 0 aliphatic carbocycles. The van der Waals surface area contributed by atoms with Crippen LogP contribution < -0.4 is 0 Å². The van der Waals surface area contributed by atoms with Crippen molar-refractivity contribution < 1.29 is 13.2 Å². The van der Waals surface area contributed by atoms with Gasteiger partial charge in [-0.15, -0.1) is 0 Å². The molecule has 0 saturated carbocycles. The predicted molar refractivity (Wildman–Crippen MR) is 126 cm³/mol. The summed E-state index contributed by atoms with van der Waals surface area (Å²) in [5.74, 6) is 0.698. The van der Waals surface area contributed by atoms with E-state index in [9.17, 15) is 13.2 Å². The third-order valence-corrected chi connectivity index (χ3v) is 7.20. The van der Waals surface area contributed by atoms with Crippen molar-refractivity contribution in [3.63, 3.8) is 0 Å². The van der Waals surface area contributed by atoms with Gasteiger partial charge >= 0.3 is 6.18 Å². The van der Waals surface area contributed by atoms with Gasteiger partial charge in [0.2, 0.25) is 0 Å². The number of alkyl halides is 3. The van der Waals surface area contributed by atoms with E-state index in [2.05, 4.69) is 59.5 Å². The standard InChI is InChI=1S/C29H28F3N/c30-29(31,32)25-13-7-8-21(20-25)14-15-26-22-16-18-33(19-17-22)28(26)27(23-9-3-1-4-10-23)24-11-5-2-6-12-24/h1-13,15,20,22,27-28H,14,16-19H2/b26-15+. The van der Waals surface area contributed by atoms with Crippen LogP contribution in [0.3, 0.4) is 0 Å². The summed E-state index contributed by atoms with van der Waals surface area (Å²) in [4.78, 5) is 2.59. The molecule has 3 aliphatic heterocycles. The van der Waals surface area contributed by atoms with Crippen molar-refractivity contribution >= 4 is 0 Å². The van der Waals surface area contributed by atoms with E-state index in [1.165, 1.54) is 28.8 Å². The molecule has 6 rings (SSSR count). The highest BCUT2D eigenvalue weighted by Crippen LogP contribution is 2.45. The Morgan fingerprint density at radius 3 is 2.00 bits per heavy atom. The van der Waals surface area contributed by atoms with Crippen molar-refractivity contribution in [1.82, 2.24) is 4.90 Å². The molecule has 3 aromatic carbocycles. The zero-order valence-corrected chi connectivity index (χ0v) is 18.5. The lowest BCUT2D eigenvalue weighted by molar-refractivity contribution is -0.137. The largest absolute Gasteiger partial charge is 0.416 e. The summed E-state index contributed by atoms with van der Waals surface area (Å²) in [5.41, 5.74) is 4.10. The zero-order valence-electron chi connectivity index (χ0n) is 18.5. The maximum atomic E-state index is 13.2. The molecular formula is C29H28F3N. The Bertz CT molecular complexity index is 1060. The third kappa shape index (κ3) is 4.63. The van der Waals surface area contributed by atoms with Crippen LogP contribution in [0.2, 0.25) is 0 Å². The number of hydrogen-bond donors (Lipinski definition) is 0. The van der Waals surface area contributed by atoms with Gasteiger partial charge in [-0.3, -0.25) is 4.90 Å². The van der Waals surface area contributed by atoms with Gasteiger partial charge in [0.25, 0.3) is 0 Å². The lowest BCUT2D eigenvalue weighted by Crippen LogP contribution is -2.53. The molecule has 33 heavy (non-hydrogen) atoms. The van der Waals surface area contributed by atoms with Crippen LogP contribution in [-0.4, -0.2) is 24.0 Å². The fraction of sp³-hybridized carbons (Fsp3) is 0.310. The molecule has 1 nitrogen and oxygen atoms in total. The average Bonchev–Trinajstić information content (AvgIpc) is 2.85. The molecule has 4 heteroatoms. The first-order chi connectivity index (χ1) is 16.0. The molecular weight excluding hydrogens is 419 g/mol. The molecule has 0 amide bonds. The SMILES string of the molecule is FC(F)(F)c1cccc(C/C=C2\C3CCN(CC3)C2C(c2ccccc2)c2ccccc2)c1. The Hall–Kier alpha value is -2.85.